The minimum Gasteiger partial charge on any atom is -0.465 e. The van der Waals surface area contributed by atoms with Gasteiger partial charge in [-0.3, -0.25) is 4.79 Å². The van der Waals surface area contributed by atoms with Crippen molar-refractivity contribution in [2.24, 2.45) is 5.73 Å². The van der Waals surface area contributed by atoms with Crippen molar-refractivity contribution < 1.29 is 14.3 Å². The van der Waals surface area contributed by atoms with E-state index in [0.29, 0.717) is 13.0 Å². The molecule has 1 aliphatic heterocycles. The van der Waals surface area contributed by atoms with Gasteiger partial charge in [0, 0.05) is 0 Å². The minimum atomic E-state index is -0.528. The Bertz CT molecular complexity index is 230. The highest BCUT2D eigenvalue weighted by atomic mass is 16.5. The molecule has 0 radical (unpaired) electrons. The van der Waals surface area contributed by atoms with Gasteiger partial charge in [0.2, 0.25) is 0 Å². The Kier molecular flexibility index (Phi) is 5.36. The molecule has 0 aromatic carbocycles. The summed E-state index contributed by atoms with van der Waals surface area (Å²) < 4.78 is 10.1. The van der Waals surface area contributed by atoms with Gasteiger partial charge in [0.25, 0.3) is 0 Å². The van der Waals surface area contributed by atoms with Crippen molar-refractivity contribution in [2.75, 3.05) is 19.8 Å². The first-order valence-corrected chi connectivity index (χ1v) is 5.42. The van der Waals surface area contributed by atoms with Crippen molar-refractivity contribution in [3.63, 3.8) is 0 Å². The van der Waals surface area contributed by atoms with Gasteiger partial charge < -0.3 is 15.2 Å². The van der Waals surface area contributed by atoms with E-state index in [1.807, 2.05) is 6.08 Å². The minimum absolute atomic E-state index is 0.318. The van der Waals surface area contributed by atoms with Crippen LogP contribution in [0, 0.1) is 0 Å². The molecular weight excluding hydrogens is 194 g/mol. The molecule has 1 saturated heterocycles. The highest BCUT2D eigenvalue weighted by Crippen LogP contribution is 2.14. The largest absolute Gasteiger partial charge is 0.465 e. The molecule has 4 heteroatoms. The first-order valence-electron chi connectivity index (χ1n) is 5.42. The summed E-state index contributed by atoms with van der Waals surface area (Å²) in [6.07, 6.45) is 4.52. The van der Waals surface area contributed by atoms with Gasteiger partial charge in [-0.2, -0.15) is 0 Å². The zero-order valence-electron chi connectivity index (χ0n) is 9.20. The molecular formula is C11H19NO3. The van der Waals surface area contributed by atoms with Crippen LogP contribution < -0.4 is 5.73 Å². The molecule has 1 atom stereocenters. The quantitative estimate of drug-likeness (QED) is 0.559. The summed E-state index contributed by atoms with van der Waals surface area (Å²) in [6, 6.07) is -0.528. The van der Waals surface area contributed by atoms with Gasteiger partial charge in [-0.05, 0) is 26.2 Å². The summed E-state index contributed by atoms with van der Waals surface area (Å²) in [5, 5.41) is 0. The third-order valence-electron chi connectivity index (χ3n) is 2.38. The zero-order valence-corrected chi connectivity index (χ0v) is 9.20. The number of hydrogen-bond donors (Lipinski definition) is 1. The van der Waals surface area contributed by atoms with Crippen LogP contribution in [0.25, 0.3) is 0 Å². The van der Waals surface area contributed by atoms with E-state index in [1.54, 1.807) is 6.92 Å². The molecule has 0 bridgehead atoms. The van der Waals surface area contributed by atoms with Gasteiger partial charge in [0.15, 0.2) is 0 Å². The van der Waals surface area contributed by atoms with Crippen molar-refractivity contribution in [1.82, 2.24) is 0 Å². The fourth-order valence-electron chi connectivity index (χ4n) is 1.48. The van der Waals surface area contributed by atoms with Crippen molar-refractivity contribution in [3.8, 4) is 0 Å². The fourth-order valence-corrected chi connectivity index (χ4v) is 1.48. The molecule has 0 amide bonds. The Hall–Kier alpha value is -0.870. The number of carbonyl (C=O) groups is 1. The van der Waals surface area contributed by atoms with Crippen LogP contribution in [0.4, 0.5) is 0 Å². The van der Waals surface area contributed by atoms with Gasteiger partial charge >= 0.3 is 5.97 Å². The lowest BCUT2D eigenvalue weighted by Crippen LogP contribution is -2.31. The summed E-state index contributed by atoms with van der Waals surface area (Å²) in [4.78, 5) is 11.2. The lowest BCUT2D eigenvalue weighted by atomic mass is 10.0. The molecule has 0 aliphatic carbocycles. The summed E-state index contributed by atoms with van der Waals surface area (Å²) in [6.45, 7) is 3.72. The summed E-state index contributed by atoms with van der Waals surface area (Å²) in [5.41, 5.74) is 7.00. The van der Waals surface area contributed by atoms with Crippen molar-refractivity contribution in [2.45, 2.75) is 32.2 Å². The van der Waals surface area contributed by atoms with Crippen LogP contribution in [0.3, 0.4) is 0 Å². The Morgan fingerprint density at radius 2 is 2.27 bits per heavy atom. The number of nitrogens with two attached hydrogens (primary N) is 1. The van der Waals surface area contributed by atoms with Gasteiger partial charge in [0.05, 0.1) is 19.8 Å². The van der Waals surface area contributed by atoms with Crippen LogP contribution >= 0.6 is 0 Å². The van der Waals surface area contributed by atoms with E-state index in [0.717, 1.165) is 26.1 Å². The molecule has 1 rings (SSSR count). The van der Waals surface area contributed by atoms with Crippen LogP contribution in [-0.2, 0) is 14.3 Å². The van der Waals surface area contributed by atoms with E-state index in [2.05, 4.69) is 0 Å². The van der Waals surface area contributed by atoms with Crippen LogP contribution in [0.1, 0.15) is 26.2 Å². The maximum Gasteiger partial charge on any atom is 0.323 e. The van der Waals surface area contributed by atoms with Gasteiger partial charge in [-0.15, -0.1) is 0 Å². The molecule has 0 spiro atoms. The van der Waals surface area contributed by atoms with Crippen LogP contribution in [0.15, 0.2) is 11.6 Å². The number of esters is 1. The predicted octanol–water partition coefficient (Wildman–Crippen LogP) is 1.00. The number of ether oxygens (including phenoxy) is 2. The lowest BCUT2D eigenvalue weighted by molar-refractivity contribution is -0.144. The summed E-state index contributed by atoms with van der Waals surface area (Å²) in [7, 11) is 0. The van der Waals surface area contributed by atoms with E-state index in [9.17, 15) is 4.79 Å². The molecule has 0 aromatic rings. The molecule has 86 valence electrons. The SMILES string of the molecule is CCOC(=O)[C@H](N)CC=C1CCOCC1. The van der Waals surface area contributed by atoms with E-state index < -0.39 is 6.04 Å². The van der Waals surface area contributed by atoms with Gasteiger partial charge in [-0.1, -0.05) is 11.6 Å². The van der Waals surface area contributed by atoms with Gasteiger partial charge in [-0.25, -0.2) is 0 Å². The second-order valence-corrected chi connectivity index (χ2v) is 3.57. The first kappa shape index (κ1) is 12.2. The number of rotatable bonds is 4. The Morgan fingerprint density at radius 3 is 2.87 bits per heavy atom. The van der Waals surface area contributed by atoms with Crippen LogP contribution in [0.5, 0.6) is 0 Å². The maximum absolute atomic E-state index is 11.2. The van der Waals surface area contributed by atoms with E-state index in [1.165, 1.54) is 5.57 Å². The normalized spacial score (nSPS) is 18.4. The third-order valence-corrected chi connectivity index (χ3v) is 2.38. The zero-order chi connectivity index (χ0) is 11.1. The topological polar surface area (TPSA) is 61.5 Å². The monoisotopic (exact) mass is 213 g/mol. The van der Waals surface area contributed by atoms with Crippen LogP contribution in [0.2, 0.25) is 0 Å². The molecule has 0 aromatic heterocycles. The lowest BCUT2D eigenvalue weighted by Gasteiger charge is -2.15. The summed E-state index contributed by atoms with van der Waals surface area (Å²) in [5.74, 6) is -0.318. The van der Waals surface area contributed by atoms with Gasteiger partial charge in [0.1, 0.15) is 6.04 Å². The predicted molar refractivity (Wildman–Crippen MR) is 57.4 cm³/mol. The highest BCUT2D eigenvalue weighted by molar-refractivity contribution is 5.75. The molecule has 0 saturated carbocycles. The van der Waals surface area contributed by atoms with E-state index in [-0.39, 0.29) is 5.97 Å². The average Bonchev–Trinajstić information content (AvgIpc) is 2.27. The average molecular weight is 213 g/mol. The fraction of sp³-hybridized carbons (Fsp3) is 0.727. The molecule has 15 heavy (non-hydrogen) atoms. The standard InChI is InChI=1S/C11H19NO3/c1-2-15-11(13)10(12)4-3-9-5-7-14-8-6-9/h3,10H,2,4-8,12H2,1H3/t10-/m1/s1. The second-order valence-electron chi connectivity index (χ2n) is 3.57. The van der Waals surface area contributed by atoms with Crippen LogP contribution in [-0.4, -0.2) is 31.8 Å². The molecule has 0 unspecified atom stereocenters. The smallest absolute Gasteiger partial charge is 0.323 e. The third kappa shape index (κ3) is 4.44. The van der Waals surface area contributed by atoms with Crippen molar-refractivity contribution in [1.29, 1.82) is 0 Å². The first-order chi connectivity index (χ1) is 7.24. The molecule has 1 aliphatic rings. The molecule has 1 fully saturated rings. The van der Waals surface area contributed by atoms with Crippen molar-refractivity contribution >= 4 is 5.97 Å². The van der Waals surface area contributed by atoms with Crippen molar-refractivity contribution in [3.05, 3.63) is 11.6 Å². The maximum atomic E-state index is 11.2. The highest BCUT2D eigenvalue weighted by Gasteiger charge is 2.13. The van der Waals surface area contributed by atoms with E-state index >= 15 is 0 Å². The molecule has 1 heterocycles. The number of hydrogen-bond acceptors (Lipinski definition) is 4. The Balaban J connectivity index is 2.30. The Morgan fingerprint density at radius 1 is 1.60 bits per heavy atom. The molecule has 2 N–H and O–H groups in total. The second kappa shape index (κ2) is 6.58. The molecule has 4 nitrogen and oxygen atoms in total. The number of carbonyl (C=O) groups excluding carboxylic acids is 1. The van der Waals surface area contributed by atoms with E-state index in [4.69, 9.17) is 15.2 Å². The Labute approximate surface area is 90.4 Å². The summed E-state index contributed by atoms with van der Waals surface area (Å²) >= 11 is 0.